The summed E-state index contributed by atoms with van der Waals surface area (Å²) in [6.07, 6.45) is 1.74. The van der Waals surface area contributed by atoms with E-state index >= 15 is 0 Å². The highest BCUT2D eigenvalue weighted by Crippen LogP contribution is 2.17. The number of hydrogen-bond acceptors (Lipinski definition) is 4. The fourth-order valence-electron chi connectivity index (χ4n) is 3.10. The Morgan fingerprint density at radius 3 is 2.28 bits per heavy atom. The van der Waals surface area contributed by atoms with E-state index in [0.717, 1.165) is 5.56 Å². The van der Waals surface area contributed by atoms with E-state index in [2.05, 4.69) is 16.0 Å². The second-order valence-corrected chi connectivity index (χ2v) is 7.83. The highest BCUT2D eigenvalue weighted by atomic mass is 16.3. The van der Waals surface area contributed by atoms with Crippen LogP contribution in [0.1, 0.15) is 40.3 Å². The van der Waals surface area contributed by atoms with Crippen molar-refractivity contribution in [2.24, 2.45) is 5.92 Å². The number of benzene rings is 2. The minimum Gasteiger partial charge on any atom is -0.459 e. The van der Waals surface area contributed by atoms with Gasteiger partial charge in [0.05, 0.1) is 17.5 Å². The van der Waals surface area contributed by atoms with Gasteiger partial charge in [0, 0.05) is 13.0 Å². The number of nitrogens with one attached hydrogen (secondary N) is 3. The van der Waals surface area contributed by atoms with Crippen LogP contribution in [0.5, 0.6) is 0 Å². The van der Waals surface area contributed by atoms with Gasteiger partial charge in [-0.2, -0.15) is 0 Å². The van der Waals surface area contributed by atoms with Gasteiger partial charge in [0.15, 0.2) is 5.76 Å². The van der Waals surface area contributed by atoms with E-state index < -0.39 is 17.9 Å². The number of carbonyl (C=O) groups is 3. The second-order valence-electron chi connectivity index (χ2n) is 7.83. The Hall–Kier alpha value is -3.87. The minimum absolute atomic E-state index is 0.134. The van der Waals surface area contributed by atoms with E-state index in [0.29, 0.717) is 18.7 Å². The Kier molecular flexibility index (Phi) is 7.80. The first-order valence-electron chi connectivity index (χ1n) is 10.5. The molecule has 0 saturated carbocycles. The summed E-state index contributed by atoms with van der Waals surface area (Å²) in [5.41, 5.74) is 1.51. The zero-order chi connectivity index (χ0) is 22.9. The van der Waals surface area contributed by atoms with Gasteiger partial charge >= 0.3 is 0 Å². The average molecular weight is 434 g/mol. The second kappa shape index (κ2) is 10.9. The van der Waals surface area contributed by atoms with Gasteiger partial charge in [0.1, 0.15) is 6.04 Å². The van der Waals surface area contributed by atoms with Gasteiger partial charge in [0.2, 0.25) is 5.91 Å². The first kappa shape index (κ1) is 22.8. The third kappa shape index (κ3) is 6.31. The predicted molar refractivity (Wildman–Crippen MR) is 122 cm³/mol. The summed E-state index contributed by atoms with van der Waals surface area (Å²) >= 11 is 0. The topological polar surface area (TPSA) is 100 Å². The third-order valence-corrected chi connectivity index (χ3v) is 4.75. The first-order valence-corrected chi connectivity index (χ1v) is 10.5. The number of para-hydroxylation sites is 1. The van der Waals surface area contributed by atoms with Crippen molar-refractivity contribution in [3.8, 4) is 0 Å². The van der Waals surface area contributed by atoms with Crippen LogP contribution in [0.4, 0.5) is 5.69 Å². The standard InChI is InChI=1S/C25H27N3O4/c1-17(2)16-26-24(30)21(15-18-9-4-3-5-10-18)28-23(29)19-11-6-7-12-20(19)27-25(31)22-13-8-14-32-22/h3-14,17,21H,15-16H2,1-2H3,(H,26,30)(H,27,31)(H,28,29)/t21-/m1/s1. The van der Waals surface area contributed by atoms with Crippen molar-refractivity contribution < 1.29 is 18.8 Å². The molecule has 0 fully saturated rings. The number of rotatable bonds is 9. The van der Waals surface area contributed by atoms with Crippen molar-refractivity contribution in [2.45, 2.75) is 26.3 Å². The van der Waals surface area contributed by atoms with Crippen molar-refractivity contribution in [1.82, 2.24) is 10.6 Å². The van der Waals surface area contributed by atoms with Crippen LogP contribution in [0, 0.1) is 5.92 Å². The zero-order valence-electron chi connectivity index (χ0n) is 18.1. The predicted octanol–water partition coefficient (Wildman–Crippen LogP) is 3.65. The quantitative estimate of drug-likeness (QED) is 0.480. The van der Waals surface area contributed by atoms with Crippen LogP contribution in [0.3, 0.4) is 0 Å². The van der Waals surface area contributed by atoms with Gasteiger partial charge in [-0.15, -0.1) is 0 Å². The summed E-state index contributed by atoms with van der Waals surface area (Å²) in [4.78, 5) is 38.3. The summed E-state index contributed by atoms with van der Waals surface area (Å²) in [6, 6.07) is 18.5. The summed E-state index contributed by atoms with van der Waals surface area (Å²) in [7, 11) is 0. The molecule has 2 aromatic carbocycles. The van der Waals surface area contributed by atoms with Gasteiger partial charge in [-0.1, -0.05) is 56.3 Å². The van der Waals surface area contributed by atoms with Crippen molar-refractivity contribution in [3.05, 3.63) is 89.9 Å². The molecule has 7 nitrogen and oxygen atoms in total. The number of hydrogen-bond donors (Lipinski definition) is 3. The lowest BCUT2D eigenvalue weighted by molar-refractivity contribution is -0.123. The van der Waals surface area contributed by atoms with Gasteiger partial charge in [-0.25, -0.2) is 0 Å². The molecule has 0 unspecified atom stereocenters. The summed E-state index contributed by atoms with van der Waals surface area (Å²) in [5, 5.41) is 8.41. The maximum Gasteiger partial charge on any atom is 0.291 e. The molecule has 3 amide bonds. The van der Waals surface area contributed by atoms with E-state index in [4.69, 9.17) is 4.42 Å². The van der Waals surface area contributed by atoms with Crippen molar-refractivity contribution in [2.75, 3.05) is 11.9 Å². The lowest BCUT2D eigenvalue weighted by atomic mass is 10.0. The van der Waals surface area contributed by atoms with E-state index in [1.54, 1.807) is 30.3 Å². The number of amides is 3. The Bertz CT molecular complexity index is 1050. The van der Waals surface area contributed by atoms with E-state index in [9.17, 15) is 14.4 Å². The molecule has 1 atom stereocenters. The Morgan fingerprint density at radius 2 is 1.59 bits per heavy atom. The molecule has 3 rings (SSSR count). The smallest absolute Gasteiger partial charge is 0.291 e. The maximum absolute atomic E-state index is 13.1. The fourth-order valence-corrected chi connectivity index (χ4v) is 3.10. The molecule has 0 aliphatic heterocycles. The highest BCUT2D eigenvalue weighted by molar-refractivity contribution is 6.08. The fraction of sp³-hybridized carbons (Fsp3) is 0.240. The molecule has 0 aliphatic rings. The molecule has 166 valence electrons. The molecule has 1 heterocycles. The summed E-state index contributed by atoms with van der Waals surface area (Å²) in [5.74, 6) is -0.764. The summed E-state index contributed by atoms with van der Waals surface area (Å²) in [6.45, 7) is 4.52. The molecule has 32 heavy (non-hydrogen) atoms. The van der Waals surface area contributed by atoms with Crippen molar-refractivity contribution in [1.29, 1.82) is 0 Å². The van der Waals surface area contributed by atoms with E-state index in [1.165, 1.54) is 12.3 Å². The molecule has 0 saturated heterocycles. The number of furan rings is 1. The highest BCUT2D eigenvalue weighted by Gasteiger charge is 2.24. The van der Waals surface area contributed by atoms with Crippen LogP contribution in [0.15, 0.2) is 77.4 Å². The molecule has 3 N–H and O–H groups in total. The monoisotopic (exact) mass is 433 g/mol. The van der Waals surface area contributed by atoms with Crippen LogP contribution < -0.4 is 16.0 Å². The SMILES string of the molecule is CC(C)CNC(=O)[C@@H](Cc1ccccc1)NC(=O)c1ccccc1NC(=O)c1ccco1. The van der Waals surface area contributed by atoms with Gasteiger partial charge in [0.25, 0.3) is 11.8 Å². The lowest BCUT2D eigenvalue weighted by Crippen LogP contribution is -2.48. The van der Waals surface area contributed by atoms with Crippen LogP contribution in [-0.2, 0) is 11.2 Å². The number of anilines is 1. The Labute approximate surface area is 187 Å². The van der Waals surface area contributed by atoms with Crippen LogP contribution in [0.2, 0.25) is 0 Å². The van der Waals surface area contributed by atoms with Crippen molar-refractivity contribution in [3.63, 3.8) is 0 Å². The van der Waals surface area contributed by atoms with E-state index in [1.807, 2.05) is 44.2 Å². The largest absolute Gasteiger partial charge is 0.459 e. The van der Waals surface area contributed by atoms with Crippen LogP contribution >= 0.6 is 0 Å². The van der Waals surface area contributed by atoms with Gasteiger partial charge in [-0.05, 0) is 35.7 Å². The number of carbonyl (C=O) groups excluding carboxylic acids is 3. The van der Waals surface area contributed by atoms with Gasteiger partial charge in [-0.3, -0.25) is 14.4 Å². The molecule has 7 heteroatoms. The van der Waals surface area contributed by atoms with Crippen molar-refractivity contribution >= 4 is 23.4 Å². The van der Waals surface area contributed by atoms with Crippen LogP contribution in [0.25, 0.3) is 0 Å². The molecular formula is C25H27N3O4. The molecule has 0 bridgehead atoms. The van der Waals surface area contributed by atoms with Gasteiger partial charge < -0.3 is 20.4 Å². The van der Waals surface area contributed by atoms with E-state index in [-0.39, 0.29) is 23.1 Å². The molecule has 0 radical (unpaired) electrons. The molecule has 0 spiro atoms. The first-order chi connectivity index (χ1) is 15.4. The molecular weight excluding hydrogens is 406 g/mol. The summed E-state index contributed by atoms with van der Waals surface area (Å²) < 4.78 is 5.11. The minimum atomic E-state index is -0.766. The molecule has 1 aromatic heterocycles. The molecule has 3 aromatic rings. The third-order valence-electron chi connectivity index (χ3n) is 4.75. The Morgan fingerprint density at radius 1 is 0.875 bits per heavy atom. The lowest BCUT2D eigenvalue weighted by Gasteiger charge is -2.20. The maximum atomic E-state index is 13.1. The van der Waals surface area contributed by atoms with Crippen LogP contribution in [-0.4, -0.2) is 30.3 Å². The average Bonchev–Trinajstić information content (AvgIpc) is 3.33. The molecule has 0 aliphatic carbocycles. The normalized spacial score (nSPS) is 11.6. The zero-order valence-corrected chi connectivity index (χ0v) is 18.1. The Balaban J connectivity index is 1.77.